The van der Waals surface area contributed by atoms with E-state index in [0.717, 1.165) is 4.47 Å². The lowest BCUT2D eigenvalue weighted by molar-refractivity contribution is 0.158. The minimum atomic E-state index is -0.513. The van der Waals surface area contributed by atoms with E-state index in [1.165, 1.54) is 22.3 Å². The summed E-state index contributed by atoms with van der Waals surface area (Å²) in [6.07, 6.45) is -0.513. The maximum atomic E-state index is 12.2. The highest BCUT2D eigenvalue weighted by Crippen LogP contribution is 2.44. The monoisotopic (exact) mass is 408 g/mol. The van der Waals surface area contributed by atoms with Gasteiger partial charge in [-0.2, -0.15) is 0 Å². The molecule has 5 heteroatoms. The van der Waals surface area contributed by atoms with Crippen LogP contribution in [0.25, 0.3) is 11.1 Å². The van der Waals surface area contributed by atoms with Crippen molar-refractivity contribution in [3.05, 3.63) is 82.3 Å². The van der Waals surface area contributed by atoms with Crippen LogP contribution >= 0.6 is 15.9 Å². The zero-order valence-electron chi connectivity index (χ0n) is 13.9. The molecule has 1 amide bonds. The van der Waals surface area contributed by atoms with Gasteiger partial charge in [0, 0.05) is 10.4 Å². The average Bonchev–Trinajstić information content (AvgIpc) is 2.96. The summed E-state index contributed by atoms with van der Waals surface area (Å²) in [7, 11) is 0. The Bertz CT molecular complexity index is 942. The summed E-state index contributed by atoms with van der Waals surface area (Å²) in [4.78, 5) is 12.2. The van der Waals surface area contributed by atoms with Crippen molar-refractivity contribution in [1.82, 2.24) is 0 Å². The molecule has 0 fully saturated rings. The lowest BCUT2D eigenvalue weighted by atomic mass is 9.98. The molecular weight excluding hydrogens is 392 g/mol. The van der Waals surface area contributed by atoms with Crippen LogP contribution in [0.1, 0.15) is 17.0 Å². The van der Waals surface area contributed by atoms with Crippen LogP contribution in [0, 0.1) is 0 Å². The first-order chi connectivity index (χ1) is 12.6. The third kappa shape index (κ3) is 3.06. The van der Waals surface area contributed by atoms with Gasteiger partial charge in [0.05, 0.1) is 11.4 Å². The van der Waals surface area contributed by atoms with Crippen molar-refractivity contribution in [2.45, 2.75) is 5.92 Å². The number of nitrogens with two attached hydrogens (primary N) is 1. The van der Waals surface area contributed by atoms with Crippen LogP contribution in [0.5, 0.6) is 0 Å². The summed E-state index contributed by atoms with van der Waals surface area (Å²) in [5.74, 6) is 0.0374. The van der Waals surface area contributed by atoms with Crippen molar-refractivity contribution in [2.75, 3.05) is 17.7 Å². The predicted molar refractivity (Wildman–Crippen MR) is 107 cm³/mol. The van der Waals surface area contributed by atoms with Gasteiger partial charge in [-0.05, 0) is 40.5 Å². The number of carbonyl (C=O) groups excluding carboxylic acids is 1. The number of hydrogen-bond donors (Lipinski definition) is 2. The summed E-state index contributed by atoms with van der Waals surface area (Å²) in [6.45, 7) is 0.274. The van der Waals surface area contributed by atoms with Crippen LogP contribution in [0.3, 0.4) is 0 Å². The van der Waals surface area contributed by atoms with Gasteiger partial charge in [0.15, 0.2) is 0 Å². The number of halogens is 1. The molecular formula is C21H17BrN2O2. The first-order valence-electron chi connectivity index (χ1n) is 8.30. The molecule has 0 unspecified atom stereocenters. The Hall–Kier alpha value is -2.79. The van der Waals surface area contributed by atoms with Crippen molar-refractivity contribution in [3.8, 4) is 11.1 Å². The minimum Gasteiger partial charge on any atom is -0.448 e. The van der Waals surface area contributed by atoms with E-state index in [9.17, 15) is 4.79 Å². The van der Waals surface area contributed by atoms with Gasteiger partial charge in [0.2, 0.25) is 0 Å². The third-order valence-electron chi connectivity index (χ3n) is 4.59. The van der Waals surface area contributed by atoms with Crippen molar-refractivity contribution in [2.24, 2.45) is 0 Å². The zero-order valence-corrected chi connectivity index (χ0v) is 15.5. The quantitative estimate of drug-likeness (QED) is 0.570. The average molecular weight is 409 g/mol. The zero-order chi connectivity index (χ0) is 18.1. The number of anilines is 2. The lowest BCUT2D eigenvalue weighted by Gasteiger charge is -2.15. The SMILES string of the molecule is Nc1cc(Br)ccc1NC(=O)OCC1c2ccccc2-c2ccccc21. The smallest absolute Gasteiger partial charge is 0.411 e. The Morgan fingerprint density at radius 1 is 1.00 bits per heavy atom. The van der Waals surface area contributed by atoms with E-state index < -0.39 is 6.09 Å². The topological polar surface area (TPSA) is 64.3 Å². The van der Waals surface area contributed by atoms with Gasteiger partial charge in [-0.15, -0.1) is 0 Å². The first kappa shape index (κ1) is 16.7. The number of ether oxygens (including phenoxy) is 1. The summed E-state index contributed by atoms with van der Waals surface area (Å²) < 4.78 is 6.37. The molecule has 0 bridgehead atoms. The molecule has 4 nitrogen and oxygen atoms in total. The van der Waals surface area contributed by atoms with E-state index in [0.29, 0.717) is 11.4 Å². The first-order valence-corrected chi connectivity index (χ1v) is 9.10. The molecule has 0 radical (unpaired) electrons. The fourth-order valence-electron chi connectivity index (χ4n) is 3.39. The Labute approximate surface area is 160 Å². The molecule has 0 saturated heterocycles. The number of carbonyl (C=O) groups is 1. The fraction of sp³-hybridized carbons (Fsp3) is 0.0952. The molecule has 3 N–H and O–H groups in total. The lowest BCUT2D eigenvalue weighted by Crippen LogP contribution is -2.18. The maximum Gasteiger partial charge on any atom is 0.411 e. The van der Waals surface area contributed by atoms with Gasteiger partial charge in [0.1, 0.15) is 6.61 Å². The Balaban J connectivity index is 1.50. The molecule has 0 heterocycles. The van der Waals surface area contributed by atoms with Crippen molar-refractivity contribution >= 4 is 33.4 Å². The van der Waals surface area contributed by atoms with E-state index in [1.807, 2.05) is 30.3 Å². The fourth-order valence-corrected chi connectivity index (χ4v) is 3.77. The number of hydrogen-bond acceptors (Lipinski definition) is 3. The van der Waals surface area contributed by atoms with E-state index in [4.69, 9.17) is 10.5 Å². The number of amides is 1. The van der Waals surface area contributed by atoms with Crippen molar-refractivity contribution in [3.63, 3.8) is 0 Å². The third-order valence-corrected chi connectivity index (χ3v) is 5.09. The number of fused-ring (bicyclic) bond motifs is 3. The summed E-state index contributed by atoms with van der Waals surface area (Å²) in [6, 6.07) is 21.8. The summed E-state index contributed by atoms with van der Waals surface area (Å²) >= 11 is 3.34. The van der Waals surface area contributed by atoms with E-state index in [-0.39, 0.29) is 12.5 Å². The number of nitrogens with one attached hydrogen (secondary N) is 1. The highest BCUT2D eigenvalue weighted by molar-refractivity contribution is 9.10. The van der Waals surface area contributed by atoms with Crippen LogP contribution in [0.4, 0.5) is 16.2 Å². The Morgan fingerprint density at radius 2 is 1.62 bits per heavy atom. The van der Waals surface area contributed by atoms with Gasteiger partial charge in [0.25, 0.3) is 0 Å². The van der Waals surface area contributed by atoms with Crippen LogP contribution in [-0.2, 0) is 4.74 Å². The number of benzene rings is 3. The molecule has 0 spiro atoms. The largest absolute Gasteiger partial charge is 0.448 e. The highest BCUT2D eigenvalue weighted by atomic mass is 79.9. The van der Waals surface area contributed by atoms with Crippen LogP contribution < -0.4 is 11.1 Å². The van der Waals surface area contributed by atoms with E-state index >= 15 is 0 Å². The normalized spacial score (nSPS) is 12.3. The van der Waals surface area contributed by atoms with Gasteiger partial charge in [-0.3, -0.25) is 5.32 Å². The molecule has 0 atom stereocenters. The molecule has 0 aromatic heterocycles. The second-order valence-corrected chi connectivity index (χ2v) is 7.10. The van der Waals surface area contributed by atoms with E-state index in [2.05, 4.69) is 45.5 Å². The highest BCUT2D eigenvalue weighted by Gasteiger charge is 2.29. The molecule has 1 aliphatic carbocycles. The minimum absolute atomic E-state index is 0.0374. The van der Waals surface area contributed by atoms with Gasteiger partial charge < -0.3 is 10.5 Å². The van der Waals surface area contributed by atoms with Gasteiger partial charge in [-0.25, -0.2) is 4.79 Å². The van der Waals surface area contributed by atoms with E-state index in [1.54, 1.807) is 12.1 Å². The Kier molecular flexibility index (Phi) is 4.39. The van der Waals surface area contributed by atoms with Crippen LogP contribution in [-0.4, -0.2) is 12.7 Å². The number of rotatable bonds is 3. The molecule has 130 valence electrons. The Morgan fingerprint density at radius 3 is 2.23 bits per heavy atom. The van der Waals surface area contributed by atoms with Gasteiger partial charge in [-0.1, -0.05) is 64.5 Å². The van der Waals surface area contributed by atoms with Gasteiger partial charge >= 0.3 is 6.09 Å². The summed E-state index contributed by atoms with van der Waals surface area (Å²) in [5.41, 5.74) is 11.7. The van der Waals surface area contributed by atoms with Crippen molar-refractivity contribution in [1.29, 1.82) is 0 Å². The maximum absolute atomic E-state index is 12.2. The standard InChI is InChI=1S/C21H17BrN2O2/c22-13-9-10-20(19(23)11-13)24-21(25)26-12-18-16-7-3-1-5-14(16)15-6-2-4-8-17(15)18/h1-11,18H,12,23H2,(H,24,25). The van der Waals surface area contributed by atoms with Crippen molar-refractivity contribution < 1.29 is 9.53 Å². The second-order valence-electron chi connectivity index (χ2n) is 6.18. The molecule has 4 rings (SSSR count). The van der Waals surface area contributed by atoms with Crippen LogP contribution in [0.15, 0.2) is 71.2 Å². The molecule has 1 aliphatic rings. The molecule has 0 aliphatic heterocycles. The number of nitrogen functional groups attached to an aromatic ring is 1. The molecule has 3 aromatic rings. The molecule has 3 aromatic carbocycles. The summed E-state index contributed by atoms with van der Waals surface area (Å²) in [5, 5.41) is 2.70. The molecule has 26 heavy (non-hydrogen) atoms. The molecule has 0 saturated carbocycles. The van der Waals surface area contributed by atoms with Crippen LogP contribution in [0.2, 0.25) is 0 Å². The second kappa shape index (κ2) is 6.84. The predicted octanol–water partition coefficient (Wildman–Crippen LogP) is 5.39.